The van der Waals surface area contributed by atoms with Crippen LogP contribution < -0.4 is 0 Å². The quantitative estimate of drug-likeness (QED) is 0.249. The van der Waals surface area contributed by atoms with Gasteiger partial charge in [0.05, 0.1) is 12.0 Å². The van der Waals surface area contributed by atoms with Gasteiger partial charge in [0.15, 0.2) is 0 Å². The predicted molar refractivity (Wildman–Crippen MR) is 154 cm³/mol. The van der Waals surface area contributed by atoms with Crippen molar-refractivity contribution in [3.63, 3.8) is 0 Å². The van der Waals surface area contributed by atoms with Gasteiger partial charge in [0.1, 0.15) is 5.54 Å². The van der Waals surface area contributed by atoms with E-state index in [1.165, 1.54) is 54.7 Å². The van der Waals surface area contributed by atoms with Gasteiger partial charge >= 0.3 is 0 Å². The number of likely N-dealkylation sites (tertiary alicyclic amines) is 1. The maximum Gasteiger partial charge on any atom is 0.121 e. The van der Waals surface area contributed by atoms with Gasteiger partial charge < -0.3 is 4.57 Å². The van der Waals surface area contributed by atoms with Gasteiger partial charge in [-0.3, -0.25) is 4.90 Å². The third-order valence-electron chi connectivity index (χ3n) is 8.68. The van der Waals surface area contributed by atoms with Crippen molar-refractivity contribution in [3.8, 4) is 0 Å². The van der Waals surface area contributed by atoms with E-state index in [1.54, 1.807) is 0 Å². The van der Waals surface area contributed by atoms with E-state index in [0.29, 0.717) is 5.41 Å². The Morgan fingerprint density at radius 1 is 0.730 bits per heavy atom. The van der Waals surface area contributed by atoms with Gasteiger partial charge in [-0.25, -0.2) is 4.98 Å². The van der Waals surface area contributed by atoms with Gasteiger partial charge in [-0.05, 0) is 81.6 Å². The number of hydrogen-bond donors (Lipinski definition) is 0. The summed E-state index contributed by atoms with van der Waals surface area (Å²) in [6.45, 7) is 11.7. The summed E-state index contributed by atoms with van der Waals surface area (Å²) in [5.74, 6) is 0. The first-order valence-electron chi connectivity index (χ1n) is 13.8. The van der Waals surface area contributed by atoms with Crippen LogP contribution in [0.3, 0.4) is 0 Å². The Kier molecular flexibility index (Phi) is 7.09. The number of piperidine rings is 1. The molecule has 0 saturated carbocycles. The van der Waals surface area contributed by atoms with Crippen molar-refractivity contribution in [3.05, 3.63) is 126 Å². The van der Waals surface area contributed by atoms with Crippen LogP contribution in [-0.2, 0) is 12.0 Å². The normalized spacial score (nSPS) is 16.5. The summed E-state index contributed by atoms with van der Waals surface area (Å²) in [6, 6.07) is 32.6. The standard InChI is InChI=1S/C34H41N3/c1-5-33(21-23-36(24-22-33)32(2,3)4)25-31-26-37(27-35-31)34(28-15-9-6-10-16-28,29-17-11-7-12-18-29)30-19-13-8-14-20-30/h6-20,26-27H,5,21-25H2,1-4H3. The first-order chi connectivity index (χ1) is 17.9. The second-order valence-corrected chi connectivity index (χ2v) is 11.8. The summed E-state index contributed by atoms with van der Waals surface area (Å²) in [6.07, 6.45) is 9.07. The molecule has 0 radical (unpaired) electrons. The van der Waals surface area contributed by atoms with Crippen LogP contribution in [-0.4, -0.2) is 33.1 Å². The van der Waals surface area contributed by atoms with E-state index in [-0.39, 0.29) is 5.54 Å². The van der Waals surface area contributed by atoms with Gasteiger partial charge in [-0.15, -0.1) is 0 Å². The van der Waals surface area contributed by atoms with Crippen LogP contribution in [0.2, 0.25) is 0 Å². The van der Waals surface area contributed by atoms with E-state index in [9.17, 15) is 0 Å². The molecule has 1 fully saturated rings. The fourth-order valence-electron chi connectivity index (χ4n) is 6.31. The maximum absolute atomic E-state index is 5.06. The average molecular weight is 492 g/mol. The molecule has 0 aliphatic carbocycles. The molecular weight excluding hydrogens is 450 g/mol. The molecule has 3 aromatic carbocycles. The molecule has 0 amide bonds. The molecule has 1 saturated heterocycles. The molecule has 5 rings (SSSR count). The maximum atomic E-state index is 5.06. The Morgan fingerprint density at radius 3 is 1.59 bits per heavy atom. The van der Waals surface area contributed by atoms with E-state index in [2.05, 4.69) is 141 Å². The van der Waals surface area contributed by atoms with Gasteiger partial charge in [0.2, 0.25) is 0 Å². The lowest BCUT2D eigenvalue weighted by atomic mass is 9.72. The highest BCUT2D eigenvalue weighted by atomic mass is 15.2. The summed E-state index contributed by atoms with van der Waals surface area (Å²) < 4.78 is 2.36. The molecule has 4 aromatic rings. The zero-order valence-electron chi connectivity index (χ0n) is 22.9. The fourth-order valence-corrected chi connectivity index (χ4v) is 6.31. The van der Waals surface area contributed by atoms with Crippen LogP contribution in [0.1, 0.15) is 69.3 Å². The van der Waals surface area contributed by atoms with E-state index in [0.717, 1.165) is 6.42 Å². The lowest BCUT2D eigenvalue weighted by Gasteiger charge is -2.46. The molecular formula is C34H41N3. The van der Waals surface area contributed by atoms with Crippen LogP contribution in [0.5, 0.6) is 0 Å². The Labute approximate surface area is 223 Å². The van der Waals surface area contributed by atoms with Crippen molar-refractivity contribution < 1.29 is 0 Å². The van der Waals surface area contributed by atoms with Crippen LogP contribution in [0.4, 0.5) is 0 Å². The molecule has 0 N–H and O–H groups in total. The molecule has 1 aliphatic rings. The Hall–Kier alpha value is -3.17. The number of nitrogens with zero attached hydrogens (tertiary/aromatic N) is 3. The first kappa shape index (κ1) is 25.5. The minimum Gasteiger partial charge on any atom is -0.319 e. The van der Waals surface area contributed by atoms with Crippen LogP contribution in [0, 0.1) is 5.41 Å². The molecule has 0 atom stereocenters. The van der Waals surface area contributed by atoms with E-state index in [1.807, 2.05) is 0 Å². The second-order valence-electron chi connectivity index (χ2n) is 11.8. The van der Waals surface area contributed by atoms with Crippen LogP contribution in [0.25, 0.3) is 0 Å². The second kappa shape index (κ2) is 10.3. The molecule has 3 heteroatoms. The fraction of sp³-hybridized carbons (Fsp3) is 0.382. The summed E-state index contributed by atoms with van der Waals surface area (Å²) in [5.41, 5.74) is 4.96. The largest absolute Gasteiger partial charge is 0.319 e. The SMILES string of the molecule is CCC1(Cc2cn(C(c3ccccc3)(c3ccccc3)c3ccccc3)cn2)CCN(C(C)(C)C)CC1. The zero-order chi connectivity index (χ0) is 25.9. The van der Waals surface area contributed by atoms with Gasteiger partial charge in [0, 0.05) is 11.7 Å². The Morgan fingerprint density at radius 2 is 1.19 bits per heavy atom. The number of aromatic nitrogens is 2. The lowest BCUT2D eigenvalue weighted by molar-refractivity contribution is 0.0397. The summed E-state index contributed by atoms with van der Waals surface area (Å²) in [4.78, 5) is 7.71. The zero-order valence-corrected chi connectivity index (χ0v) is 22.9. The highest BCUT2D eigenvalue weighted by Gasteiger charge is 2.40. The van der Waals surface area contributed by atoms with E-state index < -0.39 is 5.54 Å². The molecule has 0 unspecified atom stereocenters. The minimum absolute atomic E-state index is 0.238. The third-order valence-corrected chi connectivity index (χ3v) is 8.68. The van der Waals surface area contributed by atoms with Crippen molar-refractivity contribution in [2.75, 3.05) is 13.1 Å². The summed E-state index contributed by atoms with van der Waals surface area (Å²) >= 11 is 0. The summed E-state index contributed by atoms with van der Waals surface area (Å²) in [7, 11) is 0. The van der Waals surface area contributed by atoms with Crippen LogP contribution in [0.15, 0.2) is 104 Å². The highest BCUT2D eigenvalue weighted by molar-refractivity contribution is 5.50. The van der Waals surface area contributed by atoms with Crippen LogP contribution >= 0.6 is 0 Å². The lowest BCUT2D eigenvalue weighted by Crippen LogP contribution is -2.49. The van der Waals surface area contributed by atoms with Crippen molar-refractivity contribution in [1.82, 2.24) is 14.5 Å². The molecule has 1 aliphatic heterocycles. The smallest absolute Gasteiger partial charge is 0.121 e. The van der Waals surface area contributed by atoms with E-state index in [4.69, 9.17) is 4.98 Å². The Balaban J connectivity index is 1.57. The average Bonchev–Trinajstić information content (AvgIpc) is 3.39. The van der Waals surface area contributed by atoms with Crippen molar-refractivity contribution in [2.45, 2.75) is 64.5 Å². The van der Waals surface area contributed by atoms with E-state index >= 15 is 0 Å². The monoisotopic (exact) mass is 491 g/mol. The predicted octanol–water partition coefficient (Wildman–Crippen LogP) is 7.56. The minimum atomic E-state index is -0.496. The molecule has 3 nitrogen and oxygen atoms in total. The van der Waals surface area contributed by atoms with Crippen molar-refractivity contribution in [1.29, 1.82) is 0 Å². The van der Waals surface area contributed by atoms with Crippen molar-refractivity contribution >= 4 is 0 Å². The Bertz CT molecular complexity index is 1160. The molecule has 0 bridgehead atoms. The number of rotatable bonds is 7. The number of hydrogen-bond acceptors (Lipinski definition) is 2. The summed E-state index contributed by atoms with van der Waals surface area (Å²) in [5, 5.41) is 0. The molecule has 1 aromatic heterocycles. The third kappa shape index (κ3) is 4.90. The number of imidazole rings is 1. The molecule has 2 heterocycles. The molecule has 0 spiro atoms. The highest BCUT2D eigenvalue weighted by Crippen LogP contribution is 2.43. The number of benzene rings is 3. The van der Waals surface area contributed by atoms with Gasteiger partial charge in [-0.2, -0.15) is 0 Å². The van der Waals surface area contributed by atoms with Crippen molar-refractivity contribution in [2.24, 2.45) is 5.41 Å². The van der Waals surface area contributed by atoms with Gasteiger partial charge in [0.25, 0.3) is 0 Å². The van der Waals surface area contributed by atoms with Gasteiger partial charge in [-0.1, -0.05) is 97.9 Å². The molecule has 192 valence electrons. The molecule has 37 heavy (non-hydrogen) atoms. The first-order valence-corrected chi connectivity index (χ1v) is 13.8. The topological polar surface area (TPSA) is 21.1 Å².